The number of aryl methyl sites for hydroxylation is 2. The number of aliphatic imine (C=N–C) groups is 1. The minimum Gasteiger partial charge on any atom is -0.356 e. The van der Waals surface area contributed by atoms with Crippen LogP contribution in [0.15, 0.2) is 47.8 Å². The predicted molar refractivity (Wildman–Crippen MR) is 138 cm³/mol. The summed E-state index contributed by atoms with van der Waals surface area (Å²) < 4.78 is 4.39. The number of guanidine groups is 1. The van der Waals surface area contributed by atoms with Gasteiger partial charge in [-0.2, -0.15) is 11.8 Å². The maximum atomic E-state index is 4.77. The van der Waals surface area contributed by atoms with Crippen molar-refractivity contribution in [3.63, 3.8) is 0 Å². The van der Waals surface area contributed by atoms with Gasteiger partial charge in [0.25, 0.3) is 0 Å². The summed E-state index contributed by atoms with van der Waals surface area (Å²) in [7, 11) is 0. The lowest BCUT2D eigenvalue weighted by atomic mass is 10.2. The molecule has 0 spiro atoms. The van der Waals surface area contributed by atoms with Gasteiger partial charge in [-0.3, -0.25) is 4.99 Å². The molecule has 9 heteroatoms. The SMILES string of the molecule is CCc1nncn1CCNC(=NCCCn1ccc2ccccc21)NCCSC.I. The average Bonchev–Trinajstić information content (AvgIpc) is 3.37. The Hall–Kier alpha value is -1.75. The largest absolute Gasteiger partial charge is 0.356 e. The molecule has 164 valence electrons. The van der Waals surface area contributed by atoms with E-state index in [0.717, 1.165) is 63.1 Å². The zero-order valence-electron chi connectivity index (χ0n) is 17.8. The van der Waals surface area contributed by atoms with Crippen molar-refractivity contribution >= 4 is 52.6 Å². The van der Waals surface area contributed by atoms with Crippen molar-refractivity contribution in [1.82, 2.24) is 30.0 Å². The lowest BCUT2D eigenvalue weighted by Gasteiger charge is -2.13. The molecule has 0 amide bonds. The standard InChI is InChI=1S/C21H31N7S.HI/c1-3-20-26-25-17-28(20)15-11-23-21(24-12-16-29-2)22-10-6-13-27-14-9-18-7-4-5-8-19(18)27;/h4-5,7-9,14,17H,3,6,10-13,15-16H2,1-2H3,(H2,22,23,24);1H. The smallest absolute Gasteiger partial charge is 0.191 e. The summed E-state index contributed by atoms with van der Waals surface area (Å²) >= 11 is 1.83. The van der Waals surface area contributed by atoms with Gasteiger partial charge in [0.1, 0.15) is 12.2 Å². The normalized spacial score (nSPS) is 11.5. The molecule has 0 atom stereocenters. The van der Waals surface area contributed by atoms with Crippen molar-refractivity contribution in [3.05, 3.63) is 48.7 Å². The highest BCUT2D eigenvalue weighted by Crippen LogP contribution is 2.15. The van der Waals surface area contributed by atoms with E-state index in [4.69, 9.17) is 4.99 Å². The Morgan fingerprint density at radius 1 is 1.10 bits per heavy atom. The molecule has 2 aromatic heterocycles. The molecule has 3 aromatic rings. The van der Waals surface area contributed by atoms with Gasteiger partial charge < -0.3 is 19.8 Å². The summed E-state index contributed by atoms with van der Waals surface area (Å²) in [5, 5.41) is 16.3. The third-order valence-electron chi connectivity index (χ3n) is 4.76. The maximum absolute atomic E-state index is 4.77. The first-order valence-electron chi connectivity index (χ1n) is 10.2. The number of thioether (sulfide) groups is 1. The summed E-state index contributed by atoms with van der Waals surface area (Å²) in [4.78, 5) is 4.77. The fourth-order valence-electron chi connectivity index (χ4n) is 3.25. The van der Waals surface area contributed by atoms with Gasteiger partial charge in [-0.1, -0.05) is 25.1 Å². The molecule has 0 aliphatic carbocycles. The quantitative estimate of drug-likeness (QED) is 0.169. The third-order valence-corrected chi connectivity index (χ3v) is 5.38. The summed E-state index contributed by atoms with van der Waals surface area (Å²) in [6.07, 6.45) is 7.96. The number of rotatable bonds is 11. The van der Waals surface area contributed by atoms with Crippen LogP contribution in [0.5, 0.6) is 0 Å². The van der Waals surface area contributed by atoms with Gasteiger partial charge in [-0.15, -0.1) is 34.2 Å². The number of nitrogens with zero attached hydrogens (tertiary/aromatic N) is 5. The molecule has 0 fully saturated rings. The highest BCUT2D eigenvalue weighted by molar-refractivity contribution is 14.0. The molecule has 2 N–H and O–H groups in total. The number of nitrogens with one attached hydrogen (secondary N) is 2. The first-order chi connectivity index (χ1) is 14.3. The van der Waals surface area contributed by atoms with Gasteiger partial charge in [-0.25, -0.2) is 0 Å². The first-order valence-corrected chi connectivity index (χ1v) is 11.6. The topological polar surface area (TPSA) is 72.1 Å². The average molecular weight is 542 g/mol. The second-order valence-corrected chi connectivity index (χ2v) is 7.78. The number of hydrogen-bond acceptors (Lipinski definition) is 4. The number of aromatic nitrogens is 4. The van der Waals surface area contributed by atoms with Gasteiger partial charge in [0, 0.05) is 56.6 Å². The van der Waals surface area contributed by atoms with Gasteiger partial charge >= 0.3 is 0 Å². The molecule has 1 aromatic carbocycles. The molecule has 2 heterocycles. The minimum atomic E-state index is 0. The molecule has 0 aliphatic rings. The van der Waals surface area contributed by atoms with Crippen LogP contribution in [0.3, 0.4) is 0 Å². The number of halogens is 1. The molecule has 0 aliphatic heterocycles. The van der Waals surface area contributed by atoms with E-state index in [0.29, 0.717) is 0 Å². The molecule has 0 saturated heterocycles. The molecule has 3 rings (SSSR count). The van der Waals surface area contributed by atoms with E-state index in [1.807, 2.05) is 11.8 Å². The van der Waals surface area contributed by atoms with Crippen LogP contribution >= 0.6 is 35.7 Å². The lowest BCUT2D eigenvalue weighted by molar-refractivity contribution is 0.629. The second kappa shape index (κ2) is 13.5. The maximum Gasteiger partial charge on any atom is 0.191 e. The minimum absolute atomic E-state index is 0. The highest BCUT2D eigenvalue weighted by Gasteiger charge is 2.03. The third kappa shape index (κ3) is 7.19. The van der Waals surface area contributed by atoms with Gasteiger partial charge in [0.05, 0.1) is 0 Å². The van der Waals surface area contributed by atoms with Crippen LogP contribution in [0, 0.1) is 0 Å². The van der Waals surface area contributed by atoms with Crippen LogP contribution in [0.2, 0.25) is 0 Å². The van der Waals surface area contributed by atoms with Crippen LogP contribution in [0.1, 0.15) is 19.2 Å². The fourth-order valence-corrected chi connectivity index (χ4v) is 3.55. The first kappa shape index (κ1) is 24.5. The summed E-state index contributed by atoms with van der Waals surface area (Å²) in [6, 6.07) is 10.7. The molecule has 0 saturated carbocycles. The van der Waals surface area contributed by atoms with Crippen molar-refractivity contribution in [1.29, 1.82) is 0 Å². The Morgan fingerprint density at radius 2 is 1.93 bits per heavy atom. The van der Waals surface area contributed by atoms with E-state index in [1.54, 1.807) is 6.33 Å². The zero-order chi connectivity index (χ0) is 20.3. The molecule has 0 unspecified atom stereocenters. The second-order valence-electron chi connectivity index (χ2n) is 6.79. The van der Waals surface area contributed by atoms with Gasteiger partial charge in [0.2, 0.25) is 0 Å². The van der Waals surface area contributed by atoms with Crippen molar-refractivity contribution in [3.8, 4) is 0 Å². The Kier molecular flexibility index (Phi) is 11.1. The Bertz CT molecular complexity index is 906. The molecule has 7 nitrogen and oxygen atoms in total. The Labute approximate surface area is 200 Å². The van der Waals surface area contributed by atoms with E-state index in [1.165, 1.54) is 10.9 Å². The van der Waals surface area contributed by atoms with Crippen molar-refractivity contribution in [2.24, 2.45) is 4.99 Å². The fraction of sp³-hybridized carbons (Fsp3) is 0.476. The van der Waals surface area contributed by atoms with E-state index in [9.17, 15) is 0 Å². The van der Waals surface area contributed by atoms with Gasteiger partial charge in [-0.05, 0) is 30.2 Å². The summed E-state index contributed by atoms with van der Waals surface area (Å²) in [5.41, 5.74) is 1.29. The van der Waals surface area contributed by atoms with Crippen LogP contribution in [-0.2, 0) is 19.5 Å². The summed E-state index contributed by atoms with van der Waals surface area (Å²) in [5.74, 6) is 2.95. The lowest BCUT2D eigenvalue weighted by Crippen LogP contribution is -2.40. The van der Waals surface area contributed by atoms with E-state index in [-0.39, 0.29) is 24.0 Å². The molecule has 30 heavy (non-hydrogen) atoms. The number of benzene rings is 1. The van der Waals surface area contributed by atoms with Crippen LogP contribution in [0.4, 0.5) is 0 Å². The zero-order valence-corrected chi connectivity index (χ0v) is 20.9. The molecule has 0 radical (unpaired) electrons. The molecule has 0 bridgehead atoms. The van der Waals surface area contributed by atoms with Crippen molar-refractivity contribution in [2.45, 2.75) is 32.9 Å². The van der Waals surface area contributed by atoms with Crippen molar-refractivity contribution < 1.29 is 0 Å². The van der Waals surface area contributed by atoms with E-state index in [2.05, 4.69) is 79.7 Å². The van der Waals surface area contributed by atoms with Crippen molar-refractivity contribution in [2.75, 3.05) is 31.6 Å². The molecular weight excluding hydrogens is 509 g/mol. The van der Waals surface area contributed by atoms with Crippen LogP contribution < -0.4 is 10.6 Å². The predicted octanol–water partition coefficient (Wildman–Crippen LogP) is 3.40. The van der Waals surface area contributed by atoms with Gasteiger partial charge in [0.15, 0.2) is 5.96 Å². The summed E-state index contributed by atoms with van der Waals surface area (Å²) in [6.45, 7) is 6.37. The Morgan fingerprint density at radius 3 is 2.77 bits per heavy atom. The molecular formula is C21H32IN7S. The van der Waals surface area contributed by atoms with E-state index < -0.39 is 0 Å². The van der Waals surface area contributed by atoms with Crippen LogP contribution in [-0.4, -0.2) is 56.9 Å². The number of hydrogen-bond donors (Lipinski definition) is 2. The Balaban J connectivity index is 0.00000320. The number of para-hydroxylation sites is 1. The highest BCUT2D eigenvalue weighted by atomic mass is 127. The van der Waals surface area contributed by atoms with E-state index >= 15 is 0 Å². The van der Waals surface area contributed by atoms with Crippen LogP contribution in [0.25, 0.3) is 10.9 Å². The number of fused-ring (bicyclic) bond motifs is 1. The monoisotopic (exact) mass is 541 g/mol.